The Balaban J connectivity index is 1.57. The molecule has 3 aromatic heterocycles. The Morgan fingerprint density at radius 3 is 2.54 bits per heavy atom. The molecule has 5 nitrogen and oxygen atoms in total. The first-order chi connectivity index (χ1) is 18.9. The van der Waals surface area contributed by atoms with E-state index in [4.69, 9.17) is 16.0 Å². The van der Waals surface area contributed by atoms with Crippen LogP contribution < -0.4 is 5.32 Å². The first-order valence-corrected chi connectivity index (χ1v) is 16.0. The van der Waals surface area contributed by atoms with Crippen LogP contribution in [0, 0.1) is 13.8 Å². The molecule has 2 aromatic carbocycles. The number of amides is 2. The molecule has 1 N–H and O–H groups in total. The number of nitrogens with one attached hydrogen (secondary N) is 1. The third kappa shape index (κ3) is 6.14. The first-order valence-electron chi connectivity index (χ1n) is 12.3. The highest BCUT2D eigenvalue weighted by Crippen LogP contribution is 2.38. The van der Waals surface area contributed by atoms with Crippen molar-refractivity contribution in [3.63, 3.8) is 0 Å². The lowest BCUT2D eigenvalue weighted by Gasteiger charge is -2.24. The maximum atomic E-state index is 13.9. The third-order valence-electron chi connectivity index (χ3n) is 6.32. The Morgan fingerprint density at radius 1 is 1.05 bits per heavy atom. The molecule has 0 saturated heterocycles. The number of thiophene rings is 1. The van der Waals surface area contributed by atoms with E-state index in [1.165, 1.54) is 11.8 Å². The van der Waals surface area contributed by atoms with Gasteiger partial charge < -0.3 is 14.6 Å². The number of thioether (sulfide) groups is 2. The van der Waals surface area contributed by atoms with Gasteiger partial charge in [-0.25, -0.2) is 9.78 Å². The van der Waals surface area contributed by atoms with Crippen molar-refractivity contribution in [1.29, 1.82) is 0 Å². The molecule has 0 bridgehead atoms. The summed E-state index contributed by atoms with van der Waals surface area (Å²) in [6, 6.07) is 19.7. The molecular weight excluding hydrogens is 566 g/mol. The lowest BCUT2D eigenvalue weighted by Crippen LogP contribution is -2.34. The number of anilines is 1. The van der Waals surface area contributed by atoms with Crippen LogP contribution in [0.1, 0.15) is 21.9 Å². The summed E-state index contributed by atoms with van der Waals surface area (Å²) >= 11 is 10.9. The molecule has 0 radical (unpaired) electrons. The van der Waals surface area contributed by atoms with Gasteiger partial charge in [-0.3, -0.25) is 0 Å². The van der Waals surface area contributed by atoms with Gasteiger partial charge >= 0.3 is 6.03 Å². The number of aromatic nitrogens is 1. The second-order valence-electron chi connectivity index (χ2n) is 9.12. The molecule has 0 atom stereocenters. The monoisotopic (exact) mass is 593 g/mol. The zero-order valence-corrected chi connectivity index (χ0v) is 25.3. The number of urea groups is 1. The van der Waals surface area contributed by atoms with E-state index in [2.05, 4.69) is 23.3 Å². The molecule has 0 aliphatic heterocycles. The van der Waals surface area contributed by atoms with E-state index in [0.29, 0.717) is 11.6 Å². The molecule has 0 unspecified atom stereocenters. The van der Waals surface area contributed by atoms with E-state index in [9.17, 15) is 4.79 Å². The summed E-state index contributed by atoms with van der Waals surface area (Å²) in [6.07, 6.45) is 3.98. The fraction of sp³-hybridized carbons (Fsp3) is 0.200. The third-order valence-corrected chi connectivity index (χ3v) is 8.88. The predicted molar refractivity (Wildman–Crippen MR) is 167 cm³/mol. The standard InChI is InChI=1S/C30H28ClN3O2S3/c1-18-7-12-24-23(14-18)27(20-8-10-21(31)11-9-20)25(36-24)17-34(16-22-6-5-13-39-22)30(35)33-28-26(37-3)15-19(2)32-29(28)38-4/h5-15H,16-17H2,1-4H3,(H,33,35). The van der Waals surface area contributed by atoms with Crippen LogP contribution in [0.3, 0.4) is 0 Å². The number of benzene rings is 2. The fourth-order valence-electron chi connectivity index (χ4n) is 4.50. The van der Waals surface area contributed by atoms with Gasteiger partial charge in [-0.15, -0.1) is 34.9 Å². The summed E-state index contributed by atoms with van der Waals surface area (Å²) in [5.41, 5.74) is 5.55. The van der Waals surface area contributed by atoms with Crippen molar-refractivity contribution in [1.82, 2.24) is 9.88 Å². The van der Waals surface area contributed by atoms with Crippen molar-refractivity contribution in [2.24, 2.45) is 0 Å². The van der Waals surface area contributed by atoms with E-state index in [-0.39, 0.29) is 12.6 Å². The van der Waals surface area contributed by atoms with Crippen LogP contribution in [0.5, 0.6) is 0 Å². The molecule has 5 aromatic rings. The van der Waals surface area contributed by atoms with Gasteiger partial charge in [0.2, 0.25) is 0 Å². The number of fused-ring (bicyclic) bond motifs is 1. The Kier molecular flexibility index (Phi) is 8.57. The molecule has 5 rings (SSSR count). The Hall–Kier alpha value is -2.91. The molecule has 9 heteroatoms. The summed E-state index contributed by atoms with van der Waals surface area (Å²) < 4.78 is 6.42. The number of hydrogen-bond acceptors (Lipinski definition) is 6. The minimum absolute atomic E-state index is 0.210. The number of carbonyl (C=O) groups is 1. The lowest BCUT2D eigenvalue weighted by molar-refractivity contribution is 0.202. The van der Waals surface area contributed by atoms with Crippen LogP contribution in [-0.2, 0) is 13.1 Å². The van der Waals surface area contributed by atoms with Crippen LogP contribution in [0.4, 0.5) is 10.5 Å². The van der Waals surface area contributed by atoms with Crippen LogP contribution >= 0.6 is 46.5 Å². The molecule has 0 spiro atoms. The molecule has 200 valence electrons. The number of furan rings is 1. The average molecular weight is 594 g/mol. The maximum Gasteiger partial charge on any atom is 0.322 e. The normalized spacial score (nSPS) is 11.2. The van der Waals surface area contributed by atoms with Crippen LogP contribution in [0.2, 0.25) is 5.02 Å². The number of nitrogens with zero attached hydrogens (tertiary/aromatic N) is 2. The van der Waals surface area contributed by atoms with Crippen LogP contribution in [0.15, 0.2) is 80.4 Å². The molecule has 3 heterocycles. The number of carbonyl (C=O) groups excluding carboxylic acids is 1. The van der Waals surface area contributed by atoms with Gasteiger partial charge in [-0.2, -0.15) is 0 Å². The summed E-state index contributed by atoms with van der Waals surface area (Å²) in [5.74, 6) is 0.724. The minimum atomic E-state index is -0.210. The summed E-state index contributed by atoms with van der Waals surface area (Å²) in [5, 5.41) is 7.68. The zero-order chi connectivity index (χ0) is 27.5. The van der Waals surface area contributed by atoms with Crippen molar-refractivity contribution >= 4 is 69.1 Å². The number of hydrogen-bond donors (Lipinski definition) is 1. The average Bonchev–Trinajstić information content (AvgIpc) is 3.56. The lowest BCUT2D eigenvalue weighted by atomic mass is 10.0. The topological polar surface area (TPSA) is 58.4 Å². The largest absolute Gasteiger partial charge is 0.459 e. The quantitative estimate of drug-likeness (QED) is 0.182. The molecule has 2 amide bonds. The van der Waals surface area contributed by atoms with E-state index in [1.54, 1.807) is 28.0 Å². The molecule has 0 fully saturated rings. The summed E-state index contributed by atoms with van der Waals surface area (Å²) in [4.78, 5) is 22.5. The molecular formula is C30H28ClN3O2S3. The van der Waals surface area contributed by atoms with E-state index in [0.717, 1.165) is 59.6 Å². The molecule has 39 heavy (non-hydrogen) atoms. The number of pyridine rings is 1. The maximum absolute atomic E-state index is 13.9. The second kappa shape index (κ2) is 12.1. The van der Waals surface area contributed by atoms with Crippen LogP contribution in [-0.4, -0.2) is 28.4 Å². The van der Waals surface area contributed by atoms with Crippen LogP contribution in [0.25, 0.3) is 22.1 Å². The van der Waals surface area contributed by atoms with Gasteiger partial charge in [0, 0.05) is 31.4 Å². The molecule has 0 saturated carbocycles. The van der Waals surface area contributed by atoms with Gasteiger partial charge in [0.15, 0.2) is 0 Å². The van der Waals surface area contributed by atoms with Crippen molar-refractivity contribution in [3.05, 3.63) is 93.0 Å². The highest BCUT2D eigenvalue weighted by atomic mass is 35.5. The minimum Gasteiger partial charge on any atom is -0.459 e. The zero-order valence-electron chi connectivity index (χ0n) is 22.1. The second-order valence-corrected chi connectivity index (χ2v) is 12.2. The van der Waals surface area contributed by atoms with Crippen molar-refractivity contribution < 1.29 is 9.21 Å². The number of rotatable bonds is 8. The van der Waals surface area contributed by atoms with Crippen molar-refractivity contribution in [2.45, 2.75) is 36.9 Å². The molecule has 0 aliphatic rings. The summed E-state index contributed by atoms with van der Waals surface area (Å²) in [6.45, 7) is 4.77. The van der Waals surface area contributed by atoms with Gasteiger partial charge in [0.05, 0.1) is 18.8 Å². The fourth-order valence-corrected chi connectivity index (χ4v) is 6.65. The van der Waals surface area contributed by atoms with Gasteiger partial charge in [-0.1, -0.05) is 41.4 Å². The smallest absolute Gasteiger partial charge is 0.322 e. The summed E-state index contributed by atoms with van der Waals surface area (Å²) in [7, 11) is 0. The van der Waals surface area contributed by atoms with E-state index in [1.807, 2.05) is 79.4 Å². The van der Waals surface area contributed by atoms with Gasteiger partial charge in [-0.05, 0) is 73.7 Å². The Morgan fingerprint density at radius 2 is 1.85 bits per heavy atom. The molecule has 0 aliphatic carbocycles. The first kappa shape index (κ1) is 27.6. The van der Waals surface area contributed by atoms with Gasteiger partial charge in [0.25, 0.3) is 0 Å². The highest BCUT2D eigenvalue weighted by molar-refractivity contribution is 7.99. The Labute approximate surface area is 246 Å². The van der Waals surface area contributed by atoms with E-state index < -0.39 is 0 Å². The number of aryl methyl sites for hydroxylation is 2. The number of halogens is 1. The SMILES string of the molecule is CSc1cc(C)nc(SC)c1NC(=O)N(Cc1cccs1)Cc1oc2ccc(C)cc2c1-c1ccc(Cl)cc1. The van der Waals surface area contributed by atoms with Crippen molar-refractivity contribution in [2.75, 3.05) is 17.8 Å². The van der Waals surface area contributed by atoms with Gasteiger partial charge in [0.1, 0.15) is 16.4 Å². The predicted octanol–water partition coefficient (Wildman–Crippen LogP) is 9.50. The van der Waals surface area contributed by atoms with E-state index >= 15 is 0 Å². The Bertz CT molecular complexity index is 1590. The highest BCUT2D eigenvalue weighted by Gasteiger charge is 2.24. The van der Waals surface area contributed by atoms with Crippen molar-refractivity contribution in [3.8, 4) is 11.1 Å².